The summed E-state index contributed by atoms with van der Waals surface area (Å²) in [5.41, 5.74) is 0.857. The van der Waals surface area contributed by atoms with Crippen LogP contribution in [0.15, 0.2) is 45.9 Å². The van der Waals surface area contributed by atoms with Crippen LogP contribution in [0.1, 0.15) is 10.6 Å². The molecule has 6 heteroatoms. The number of aromatic nitrogens is 1. The number of furan rings is 1. The number of hydrogen-bond acceptors (Lipinski definition) is 4. The van der Waals surface area contributed by atoms with Gasteiger partial charge in [-0.1, -0.05) is 0 Å². The molecule has 20 heavy (non-hydrogen) atoms. The minimum atomic E-state index is -0.111. The van der Waals surface area contributed by atoms with Crippen LogP contribution in [0.25, 0.3) is 0 Å². The third-order valence-corrected chi connectivity index (χ3v) is 3.43. The summed E-state index contributed by atoms with van der Waals surface area (Å²) in [5.74, 6) is 0.304. The normalized spacial score (nSPS) is 15.4. The molecule has 1 N–H and O–H groups in total. The molecule has 1 fully saturated rings. The van der Waals surface area contributed by atoms with E-state index >= 15 is 0 Å². The van der Waals surface area contributed by atoms with Crippen LogP contribution < -0.4 is 10.5 Å². The zero-order valence-electron chi connectivity index (χ0n) is 10.9. The number of piperazine rings is 1. The molecule has 3 heterocycles. The Kier molecular flexibility index (Phi) is 3.28. The predicted octanol–water partition coefficient (Wildman–Crippen LogP) is 0.930. The number of carbonyl (C=O) groups excluding carboxylic acids is 1. The Bertz CT molecular complexity index is 619. The fourth-order valence-corrected chi connectivity index (χ4v) is 2.32. The molecule has 0 spiro atoms. The van der Waals surface area contributed by atoms with Crippen molar-refractivity contribution in [2.45, 2.75) is 0 Å². The van der Waals surface area contributed by atoms with E-state index in [4.69, 9.17) is 4.42 Å². The van der Waals surface area contributed by atoms with Crippen LogP contribution in [0.4, 0.5) is 5.69 Å². The van der Waals surface area contributed by atoms with Gasteiger partial charge in [-0.15, -0.1) is 0 Å². The fourth-order valence-electron chi connectivity index (χ4n) is 2.32. The summed E-state index contributed by atoms with van der Waals surface area (Å²) < 4.78 is 5.13. The van der Waals surface area contributed by atoms with E-state index in [1.807, 2.05) is 0 Å². The molecule has 6 nitrogen and oxygen atoms in total. The van der Waals surface area contributed by atoms with Crippen molar-refractivity contribution in [3.63, 3.8) is 0 Å². The molecule has 0 aliphatic carbocycles. The number of rotatable bonds is 2. The van der Waals surface area contributed by atoms with Gasteiger partial charge in [-0.05, 0) is 18.2 Å². The molecular formula is C14H15N3O3. The number of H-pyrrole nitrogens is 1. The van der Waals surface area contributed by atoms with E-state index in [1.165, 1.54) is 12.3 Å². The van der Waals surface area contributed by atoms with Crippen LogP contribution in [-0.4, -0.2) is 42.0 Å². The summed E-state index contributed by atoms with van der Waals surface area (Å²) in [6.45, 7) is 2.74. The lowest BCUT2D eigenvalue weighted by Gasteiger charge is -2.35. The number of aromatic amines is 1. The van der Waals surface area contributed by atoms with Gasteiger partial charge < -0.3 is 19.2 Å². The van der Waals surface area contributed by atoms with Crippen molar-refractivity contribution in [3.8, 4) is 0 Å². The first-order chi connectivity index (χ1) is 9.74. The largest absolute Gasteiger partial charge is 0.459 e. The van der Waals surface area contributed by atoms with Gasteiger partial charge in [-0.2, -0.15) is 0 Å². The van der Waals surface area contributed by atoms with Crippen molar-refractivity contribution in [3.05, 3.63) is 52.8 Å². The first kappa shape index (κ1) is 12.5. The number of pyridine rings is 1. The van der Waals surface area contributed by atoms with Gasteiger partial charge in [0.1, 0.15) is 0 Å². The van der Waals surface area contributed by atoms with E-state index in [9.17, 15) is 9.59 Å². The van der Waals surface area contributed by atoms with Gasteiger partial charge in [0.15, 0.2) is 5.76 Å². The quantitative estimate of drug-likeness (QED) is 0.883. The highest BCUT2D eigenvalue weighted by molar-refractivity contribution is 5.91. The monoisotopic (exact) mass is 273 g/mol. The molecule has 1 aliphatic rings. The molecule has 0 aromatic carbocycles. The zero-order valence-corrected chi connectivity index (χ0v) is 10.9. The summed E-state index contributed by atoms with van der Waals surface area (Å²) in [6.07, 6.45) is 3.20. The minimum absolute atomic E-state index is 0.0730. The van der Waals surface area contributed by atoms with Crippen molar-refractivity contribution >= 4 is 11.6 Å². The average molecular weight is 273 g/mol. The maximum Gasteiger partial charge on any atom is 0.289 e. The average Bonchev–Trinajstić information content (AvgIpc) is 3.02. The Morgan fingerprint density at radius 2 is 1.95 bits per heavy atom. The third-order valence-electron chi connectivity index (χ3n) is 3.43. The molecule has 3 rings (SSSR count). The van der Waals surface area contributed by atoms with Crippen LogP contribution in [0, 0.1) is 0 Å². The molecule has 0 radical (unpaired) electrons. The second-order valence-corrected chi connectivity index (χ2v) is 4.67. The Labute approximate surface area is 115 Å². The number of nitrogens with one attached hydrogen (secondary N) is 1. The van der Waals surface area contributed by atoms with Crippen molar-refractivity contribution in [1.82, 2.24) is 9.88 Å². The van der Waals surface area contributed by atoms with E-state index in [0.717, 1.165) is 18.8 Å². The number of amides is 1. The Hall–Kier alpha value is -2.50. The number of nitrogens with zero attached hydrogens (tertiary/aromatic N) is 2. The van der Waals surface area contributed by atoms with Crippen LogP contribution >= 0.6 is 0 Å². The zero-order chi connectivity index (χ0) is 13.9. The van der Waals surface area contributed by atoms with Crippen molar-refractivity contribution in [2.75, 3.05) is 31.1 Å². The molecule has 2 aromatic heterocycles. The smallest absolute Gasteiger partial charge is 0.289 e. The SMILES string of the molecule is O=C(c1ccco1)N1CCN(c2ccc(=O)[nH]c2)CC1. The van der Waals surface area contributed by atoms with Gasteiger partial charge in [-0.3, -0.25) is 9.59 Å². The molecular weight excluding hydrogens is 258 g/mol. The molecule has 0 saturated carbocycles. The maximum atomic E-state index is 12.1. The lowest BCUT2D eigenvalue weighted by Crippen LogP contribution is -2.48. The van der Waals surface area contributed by atoms with E-state index in [0.29, 0.717) is 18.8 Å². The number of hydrogen-bond donors (Lipinski definition) is 1. The predicted molar refractivity (Wildman–Crippen MR) is 73.9 cm³/mol. The van der Waals surface area contributed by atoms with Gasteiger partial charge in [0.25, 0.3) is 5.91 Å². The molecule has 0 unspecified atom stereocenters. The fraction of sp³-hybridized carbons (Fsp3) is 0.286. The Balaban J connectivity index is 1.63. The van der Waals surface area contributed by atoms with E-state index < -0.39 is 0 Å². The van der Waals surface area contributed by atoms with Crippen LogP contribution in [0.5, 0.6) is 0 Å². The summed E-state index contributed by atoms with van der Waals surface area (Å²) in [5, 5.41) is 0. The standard InChI is InChI=1S/C14H15N3O3/c18-13-4-3-11(10-15-13)16-5-7-17(8-6-16)14(19)12-2-1-9-20-12/h1-4,9-10H,5-8H2,(H,15,18). The molecule has 1 aliphatic heterocycles. The van der Waals surface area contributed by atoms with Crippen LogP contribution in [0.2, 0.25) is 0 Å². The second kappa shape index (κ2) is 5.24. The van der Waals surface area contributed by atoms with Crippen LogP contribution in [-0.2, 0) is 0 Å². The summed E-state index contributed by atoms with van der Waals surface area (Å²) in [6, 6.07) is 6.69. The third kappa shape index (κ3) is 2.45. The molecule has 0 bridgehead atoms. The van der Waals surface area contributed by atoms with Gasteiger partial charge >= 0.3 is 0 Å². The highest BCUT2D eigenvalue weighted by Crippen LogP contribution is 2.15. The Morgan fingerprint density at radius 1 is 1.15 bits per heavy atom. The minimum Gasteiger partial charge on any atom is -0.459 e. The van der Waals surface area contributed by atoms with Gasteiger partial charge in [-0.25, -0.2) is 0 Å². The summed E-state index contributed by atoms with van der Waals surface area (Å²) in [7, 11) is 0. The topological polar surface area (TPSA) is 69.6 Å². The van der Waals surface area contributed by atoms with E-state index in [1.54, 1.807) is 29.3 Å². The summed E-state index contributed by atoms with van der Waals surface area (Å²) in [4.78, 5) is 29.7. The molecule has 104 valence electrons. The van der Waals surface area contributed by atoms with Crippen molar-refractivity contribution in [2.24, 2.45) is 0 Å². The highest BCUT2D eigenvalue weighted by Gasteiger charge is 2.23. The van der Waals surface area contributed by atoms with E-state index in [2.05, 4.69) is 9.88 Å². The van der Waals surface area contributed by atoms with Crippen molar-refractivity contribution < 1.29 is 9.21 Å². The van der Waals surface area contributed by atoms with Crippen LogP contribution in [0.3, 0.4) is 0 Å². The lowest BCUT2D eigenvalue weighted by atomic mass is 10.2. The second-order valence-electron chi connectivity index (χ2n) is 4.67. The molecule has 1 amide bonds. The van der Waals surface area contributed by atoms with E-state index in [-0.39, 0.29) is 11.5 Å². The first-order valence-corrected chi connectivity index (χ1v) is 6.50. The van der Waals surface area contributed by atoms with Gasteiger partial charge in [0.2, 0.25) is 5.56 Å². The Morgan fingerprint density at radius 3 is 2.55 bits per heavy atom. The van der Waals surface area contributed by atoms with Gasteiger partial charge in [0, 0.05) is 38.4 Å². The maximum absolute atomic E-state index is 12.1. The number of anilines is 1. The highest BCUT2D eigenvalue weighted by atomic mass is 16.3. The van der Waals surface area contributed by atoms with Crippen molar-refractivity contribution in [1.29, 1.82) is 0 Å². The number of carbonyl (C=O) groups is 1. The molecule has 2 aromatic rings. The molecule has 0 atom stereocenters. The first-order valence-electron chi connectivity index (χ1n) is 6.50. The molecule has 1 saturated heterocycles. The lowest BCUT2D eigenvalue weighted by molar-refractivity contribution is 0.0714. The summed E-state index contributed by atoms with van der Waals surface area (Å²) >= 11 is 0. The van der Waals surface area contributed by atoms with Gasteiger partial charge in [0.05, 0.1) is 12.0 Å².